The van der Waals surface area contributed by atoms with E-state index < -0.39 is 11.7 Å². The number of anilines is 1. The fourth-order valence-corrected chi connectivity index (χ4v) is 3.73. The quantitative estimate of drug-likeness (QED) is 0.891. The van der Waals surface area contributed by atoms with E-state index in [-0.39, 0.29) is 18.2 Å². The van der Waals surface area contributed by atoms with Gasteiger partial charge in [-0.05, 0) is 52.2 Å². The lowest BCUT2D eigenvalue weighted by molar-refractivity contribution is 0.0191. The second-order valence-corrected chi connectivity index (χ2v) is 8.14. The fraction of sp³-hybridized carbons (Fsp3) is 0.684. The monoisotopic (exact) mass is 347 g/mol. The van der Waals surface area contributed by atoms with Crippen LogP contribution in [0, 0.1) is 0 Å². The van der Waals surface area contributed by atoms with Crippen molar-refractivity contribution in [2.75, 3.05) is 18.0 Å². The van der Waals surface area contributed by atoms with Gasteiger partial charge in [-0.15, -0.1) is 0 Å². The van der Waals surface area contributed by atoms with Crippen LogP contribution < -0.4 is 4.90 Å². The zero-order chi connectivity index (χ0) is 18.4. The number of ether oxygens (including phenoxy) is 1. The van der Waals surface area contributed by atoms with E-state index in [9.17, 15) is 9.90 Å². The molecule has 1 saturated heterocycles. The molecule has 3 heterocycles. The Bertz CT molecular complexity index is 656. The molecule has 6 heteroatoms. The summed E-state index contributed by atoms with van der Waals surface area (Å²) in [5.41, 5.74) is 1.43. The zero-order valence-corrected chi connectivity index (χ0v) is 15.8. The maximum absolute atomic E-state index is 12.4. The molecule has 1 aromatic heterocycles. The van der Waals surface area contributed by atoms with Crippen molar-refractivity contribution in [3.63, 3.8) is 0 Å². The highest BCUT2D eigenvalue weighted by Crippen LogP contribution is 2.36. The van der Waals surface area contributed by atoms with Gasteiger partial charge in [-0.25, -0.2) is 9.78 Å². The molecule has 0 saturated carbocycles. The maximum atomic E-state index is 12.4. The highest BCUT2D eigenvalue weighted by atomic mass is 16.6. The van der Waals surface area contributed by atoms with Crippen LogP contribution in [0.25, 0.3) is 0 Å². The molecule has 1 unspecified atom stereocenters. The van der Waals surface area contributed by atoms with Gasteiger partial charge in [0.05, 0.1) is 17.8 Å². The van der Waals surface area contributed by atoms with Crippen LogP contribution in [0.15, 0.2) is 12.1 Å². The third-order valence-corrected chi connectivity index (χ3v) is 4.84. The van der Waals surface area contributed by atoms with Gasteiger partial charge >= 0.3 is 6.09 Å². The molecule has 3 rings (SSSR count). The summed E-state index contributed by atoms with van der Waals surface area (Å²) in [5, 5.41) is 10.1. The Morgan fingerprint density at radius 3 is 2.76 bits per heavy atom. The number of nitrogens with zero attached hydrogens (tertiary/aromatic N) is 3. The molecule has 0 aromatic carbocycles. The van der Waals surface area contributed by atoms with Gasteiger partial charge < -0.3 is 19.6 Å². The smallest absolute Gasteiger partial charge is 0.410 e. The van der Waals surface area contributed by atoms with Gasteiger partial charge in [-0.1, -0.05) is 13.0 Å². The van der Waals surface area contributed by atoms with E-state index in [1.54, 1.807) is 0 Å². The fourth-order valence-electron chi connectivity index (χ4n) is 3.73. The molecule has 6 nitrogen and oxygen atoms in total. The van der Waals surface area contributed by atoms with E-state index >= 15 is 0 Å². The van der Waals surface area contributed by atoms with Crippen molar-refractivity contribution in [2.45, 2.75) is 71.2 Å². The molecular formula is C19H29N3O3. The van der Waals surface area contributed by atoms with Gasteiger partial charge in [0.25, 0.3) is 0 Å². The number of carbonyl (C=O) groups is 1. The van der Waals surface area contributed by atoms with Crippen LogP contribution in [0.5, 0.6) is 0 Å². The zero-order valence-electron chi connectivity index (χ0n) is 15.8. The number of aliphatic hydroxyl groups is 1. The Labute approximate surface area is 149 Å². The molecule has 1 N–H and O–H groups in total. The summed E-state index contributed by atoms with van der Waals surface area (Å²) in [6.45, 7) is 11.0. The summed E-state index contributed by atoms with van der Waals surface area (Å²) in [4.78, 5) is 21.3. The molecule has 1 fully saturated rings. The molecule has 0 spiro atoms. The van der Waals surface area contributed by atoms with Crippen molar-refractivity contribution >= 4 is 11.9 Å². The minimum atomic E-state index is -0.525. The van der Waals surface area contributed by atoms with Crippen molar-refractivity contribution in [1.29, 1.82) is 0 Å². The van der Waals surface area contributed by atoms with Crippen LogP contribution in [-0.2, 0) is 11.2 Å². The second kappa shape index (κ2) is 6.48. The Morgan fingerprint density at radius 2 is 2.12 bits per heavy atom. The number of rotatable bonds is 2. The van der Waals surface area contributed by atoms with E-state index in [0.29, 0.717) is 19.5 Å². The van der Waals surface area contributed by atoms with Crippen molar-refractivity contribution in [3.8, 4) is 0 Å². The summed E-state index contributed by atoms with van der Waals surface area (Å²) in [7, 11) is 0. The van der Waals surface area contributed by atoms with Gasteiger partial charge in [0.15, 0.2) is 0 Å². The topological polar surface area (TPSA) is 65.9 Å². The molecule has 1 aromatic rings. The Balaban J connectivity index is 1.78. The third-order valence-electron chi connectivity index (χ3n) is 4.84. The molecule has 138 valence electrons. The van der Waals surface area contributed by atoms with Gasteiger partial charge in [0, 0.05) is 19.1 Å². The maximum Gasteiger partial charge on any atom is 0.410 e. The summed E-state index contributed by atoms with van der Waals surface area (Å²) < 4.78 is 5.54. The van der Waals surface area contributed by atoms with Gasteiger partial charge in [-0.2, -0.15) is 0 Å². The summed E-state index contributed by atoms with van der Waals surface area (Å²) in [6.07, 6.45) is 0.749. The van der Waals surface area contributed by atoms with E-state index in [4.69, 9.17) is 9.72 Å². The van der Waals surface area contributed by atoms with E-state index in [1.165, 1.54) is 5.56 Å². The van der Waals surface area contributed by atoms with Gasteiger partial charge in [0.2, 0.25) is 0 Å². The largest absolute Gasteiger partial charge is 0.444 e. The van der Waals surface area contributed by atoms with Crippen LogP contribution in [0.3, 0.4) is 0 Å². The van der Waals surface area contributed by atoms with Crippen LogP contribution in [0.1, 0.15) is 58.4 Å². The summed E-state index contributed by atoms with van der Waals surface area (Å²) >= 11 is 0. The number of fused-ring (bicyclic) bond motifs is 3. The first-order chi connectivity index (χ1) is 11.7. The summed E-state index contributed by atoms with van der Waals surface area (Å²) in [6, 6.07) is 4.36. The molecular weight excluding hydrogens is 318 g/mol. The molecule has 1 amide bonds. The minimum absolute atomic E-state index is 0.161. The van der Waals surface area contributed by atoms with Crippen LogP contribution in [-0.4, -0.2) is 51.9 Å². The normalized spacial score (nSPS) is 23.9. The highest BCUT2D eigenvalue weighted by Gasteiger charge is 2.41. The molecule has 2 aliphatic rings. The predicted octanol–water partition coefficient (Wildman–Crippen LogP) is 2.90. The lowest BCUT2D eigenvalue weighted by Gasteiger charge is -2.43. The van der Waals surface area contributed by atoms with Crippen molar-refractivity contribution < 1.29 is 14.6 Å². The first kappa shape index (κ1) is 18.0. The Morgan fingerprint density at radius 1 is 1.40 bits per heavy atom. The Kier molecular flexibility index (Phi) is 4.66. The number of aromatic nitrogens is 1. The van der Waals surface area contributed by atoms with E-state index in [2.05, 4.69) is 17.9 Å². The number of carbonyl (C=O) groups excluding carboxylic acids is 1. The highest BCUT2D eigenvalue weighted by molar-refractivity contribution is 5.69. The predicted molar refractivity (Wildman–Crippen MR) is 96.7 cm³/mol. The van der Waals surface area contributed by atoms with E-state index in [0.717, 1.165) is 17.9 Å². The molecule has 0 radical (unpaired) electrons. The van der Waals surface area contributed by atoms with Crippen LogP contribution >= 0.6 is 0 Å². The molecule has 25 heavy (non-hydrogen) atoms. The van der Waals surface area contributed by atoms with Crippen LogP contribution in [0.4, 0.5) is 10.6 Å². The number of pyridine rings is 1. The third kappa shape index (κ3) is 3.59. The first-order valence-corrected chi connectivity index (χ1v) is 9.13. The number of hydrogen-bond acceptors (Lipinski definition) is 5. The Hall–Kier alpha value is -1.82. The average molecular weight is 347 g/mol. The molecule has 3 atom stereocenters. The number of piperazine rings is 1. The SMILES string of the molecule is CCC(O)c1ccc2c(n1)N1[C@H](C2)CN(C(=O)OC(C)(C)C)C[C@H]1C. The lowest BCUT2D eigenvalue weighted by Crippen LogP contribution is -2.58. The van der Waals surface area contributed by atoms with Gasteiger partial charge in [-0.3, -0.25) is 0 Å². The number of hydrogen-bond donors (Lipinski definition) is 1. The molecule has 0 bridgehead atoms. The minimum Gasteiger partial charge on any atom is -0.444 e. The van der Waals surface area contributed by atoms with Crippen molar-refractivity contribution in [2.24, 2.45) is 0 Å². The average Bonchev–Trinajstić information content (AvgIpc) is 2.90. The first-order valence-electron chi connectivity index (χ1n) is 9.13. The van der Waals surface area contributed by atoms with Crippen LogP contribution in [0.2, 0.25) is 0 Å². The van der Waals surface area contributed by atoms with Crippen molar-refractivity contribution in [1.82, 2.24) is 9.88 Å². The molecule has 0 aliphatic carbocycles. The van der Waals surface area contributed by atoms with Crippen molar-refractivity contribution in [3.05, 3.63) is 23.4 Å². The van der Waals surface area contributed by atoms with Gasteiger partial charge in [0.1, 0.15) is 11.4 Å². The number of aliphatic hydroxyl groups excluding tert-OH is 1. The number of amides is 1. The molecule has 2 aliphatic heterocycles. The standard InChI is InChI=1S/C19H29N3O3/c1-6-16(23)15-8-7-13-9-14-11-21(18(24)25-19(3,4)5)10-12(2)22(14)17(13)20-15/h7-8,12,14,16,23H,6,9-11H2,1-5H3/t12-,14-,16?/m1/s1. The van der Waals surface area contributed by atoms with E-state index in [1.807, 2.05) is 38.7 Å². The lowest BCUT2D eigenvalue weighted by atomic mass is 10.1. The summed E-state index contributed by atoms with van der Waals surface area (Å²) in [5.74, 6) is 0.964. The second-order valence-electron chi connectivity index (χ2n) is 8.14.